The van der Waals surface area contributed by atoms with Crippen LogP contribution in [0.15, 0.2) is 0 Å². The second-order valence-corrected chi connectivity index (χ2v) is 7.00. The molecular weight excluding hydrogens is 192 g/mol. The van der Waals surface area contributed by atoms with Crippen LogP contribution in [0.4, 0.5) is 0 Å². The molecule has 2 fully saturated rings. The predicted molar refractivity (Wildman–Crippen MR) is 62.6 cm³/mol. The number of fused-ring (bicyclic) bond motifs is 2. The highest BCUT2D eigenvalue weighted by Crippen LogP contribution is 2.68. The molecule has 1 N–H and O–H groups in total. The maximum atomic E-state index is 8.89. The Morgan fingerprint density at radius 3 is 2.50 bits per heavy atom. The Bertz CT molecular complexity index is 226. The lowest BCUT2D eigenvalue weighted by Crippen LogP contribution is -2.34. The van der Waals surface area contributed by atoms with Gasteiger partial charge in [0.1, 0.15) is 0 Å². The first kappa shape index (κ1) is 10.8. The molecule has 0 aromatic heterocycles. The lowest BCUT2D eigenvalue weighted by Gasteiger charge is -2.39. The molecule has 0 aromatic carbocycles. The first-order chi connectivity index (χ1) is 6.52. The third-order valence-corrected chi connectivity index (χ3v) is 6.66. The Hall–Kier alpha value is 0.310. The molecule has 2 saturated carbocycles. The van der Waals surface area contributed by atoms with Crippen molar-refractivity contribution in [3.63, 3.8) is 0 Å². The van der Waals surface area contributed by atoms with E-state index >= 15 is 0 Å². The molecule has 0 radical (unpaired) electrons. The summed E-state index contributed by atoms with van der Waals surface area (Å²) in [4.78, 5) is 0. The van der Waals surface area contributed by atoms with E-state index in [0.29, 0.717) is 17.4 Å². The van der Waals surface area contributed by atoms with E-state index in [1.54, 1.807) is 0 Å². The monoisotopic (exact) mass is 214 g/mol. The average molecular weight is 214 g/mol. The molecule has 1 nitrogen and oxygen atoms in total. The van der Waals surface area contributed by atoms with Gasteiger partial charge >= 0.3 is 0 Å². The third kappa shape index (κ3) is 1.26. The van der Waals surface area contributed by atoms with Gasteiger partial charge in [0.05, 0.1) is 6.61 Å². The highest BCUT2D eigenvalue weighted by Gasteiger charge is 2.61. The molecule has 0 spiro atoms. The van der Waals surface area contributed by atoms with Gasteiger partial charge in [-0.2, -0.15) is 11.8 Å². The third-order valence-electron chi connectivity index (χ3n) is 5.12. The molecule has 2 rings (SSSR count). The van der Waals surface area contributed by atoms with Gasteiger partial charge in [-0.05, 0) is 36.0 Å². The summed E-state index contributed by atoms with van der Waals surface area (Å²) in [6.07, 6.45) is 4.21. The molecule has 2 bridgehead atoms. The first-order valence-electron chi connectivity index (χ1n) is 5.75. The van der Waals surface area contributed by atoms with Gasteiger partial charge in [0, 0.05) is 11.0 Å². The summed E-state index contributed by atoms with van der Waals surface area (Å²) in [5, 5.41) is 9.68. The molecular formula is C12H22OS. The Morgan fingerprint density at radius 2 is 2.07 bits per heavy atom. The summed E-state index contributed by atoms with van der Waals surface area (Å²) in [5.74, 6) is 1.85. The van der Waals surface area contributed by atoms with Crippen molar-refractivity contribution in [2.24, 2.45) is 16.7 Å². The van der Waals surface area contributed by atoms with Gasteiger partial charge in [0.2, 0.25) is 0 Å². The molecule has 2 aliphatic carbocycles. The molecule has 2 heteroatoms. The van der Waals surface area contributed by atoms with Crippen molar-refractivity contribution in [3.05, 3.63) is 0 Å². The summed E-state index contributed by atoms with van der Waals surface area (Å²) in [5.41, 5.74) is 1.05. The minimum absolute atomic E-state index is 0.336. The standard InChI is InChI=1S/C12H22OS/c1-11(2)9-4-5-12(11,3)10(8-9)14-7-6-13/h9-10,13H,4-8H2,1-3H3/t9-,10-,12-/m1/s1. The number of aliphatic hydroxyl groups is 1. The van der Waals surface area contributed by atoms with Crippen LogP contribution in [0.5, 0.6) is 0 Å². The van der Waals surface area contributed by atoms with Gasteiger partial charge in [-0.1, -0.05) is 20.8 Å². The second kappa shape index (κ2) is 3.41. The van der Waals surface area contributed by atoms with Crippen molar-refractivity contribution in [1.29, 1.82) is 0 Å². The Kier molecular flexibility index (Phi) is 2.64. The Morgan fingerprint density at radius 1 is 1.36 bits per heavy atom. The van der Waals surface area contributed by atoms with Crippen molar-refractivity contribution in [2.75, 3.05) is 12.4 Å². The fraction of sp³-hybridized carbons (Fsp3) is 1.00. The number of thioether (sulfide) groups is 1. The number of hydrogen-bond acceptors (Lipinski definition) is 2. The van der Waals surface area contributed by atoms with Crippen molar-refractivity contribution in [2.45, 2.75) is 45.3 Å². The summed E-state index contributed by atoms with van der Waals surface area (Å²) < 4.78 is 0. The van der Waals surface area contributed by atoms with Crippen LogP contribution in [-0.2, 0) is 0 Å². The molecule has 82 valence electrons. The number of rotatable bonds is 3. The van der Waals surface area contributed by atoms with E-state index in [1.165, 1.54) is 19.3 Å². The van der Waals surface area contributed by atoms with E-state index in [4.69, 9.17) is 5.11 Å². The van der Waals surface area contributed by atoms with E-state index in [9.17, 15) is 0 Å². The summed E-state index contributed by atoms with van der Waals surface area (Å²) in [6, 6.07) is 0. The molecule has 0 aromatic rings. The lowest BCUT2D eigenvalue weighted by molar-refractivity contribution is 0.156. The average Bonchev–Trinajstić information content (AvgIpc) is 2.46. The number of aliphatic hydroxyl groups excluding tert-OH is 1. The molecule has 0 heterocycles. The molecule has 0 saturated heterocycles. The Labute approximate surface area is 91.7 Å². The maximum Gasteiger partial charge on any atom is 0.0521 e. The van der Waals surface area contributed by atoms with Gasteiger partial charge < -0.3 is 5.11 Å². The molecule has 2 aliphatic rings. The van der Waals surface area contributed by atoms with E-state index in [-0.39, 0.29) is 0 Å². The largest absolute Gasteiger partial charge is 0.396 e. The van der Waals surface area contributed by atoms with E-state index < -0.39 is 0 Å². The summed E-state index contributed by atoms with van der Waals surface area (Å²) in [7, 11) is 0. The molecule has 0 aliphatic heterocycles. The van der Waals surface area contributed by atoms with Gasteiger partial charge in [0.25, 0.3) is 0 Å². The van der Waals surface area contributed by atoms with E-state index in [0.717, 1.165) is 16.9 Å². The predicted octanol–water partition coefficient (Wildman–Crippen LogP) is 2.93. The second-order valence-electron chi connectivity index (χ2n) is 5.69. The van der Waals surface area contributed by atoms with Crippen LogP contribution < -0.4 is 0 Å². The molecule has 3 atom stereocenters. The number of hydrogen-bond donors (Lipinski definition) is 1. The van der Waals surface area contributed by atoms with Crippen molar-refractivity contribution >= 4 is 11.8 Å². The fourth-order valence-electron chi connectivity index (χ4n) is 3.58. The van der Waals surface area contributed by atoms with Gasteiger partial charge in [-0.15, -0.1) is 0 Å². The molecule has 0 amide bonds. The van der Waals surface area contributed by atoms with Crippen LogP contribution in [0, 0.1) is 16.7 Å². The van der Waals surface area contributed by atoms with Crippen LogP contribution in [0.1, 0.15) is 40.0 Å². The molecule has 14 heavy (non-hydrogen) atoms. The zero-order valence-corrected chi connectivity index (χ0v) is 10.4. The van der Waals surface area contributed by atoms with Crippen molar-refractivity contribution < 1.29 is 5.11 Å². The maximum absolute atomic E-state index is 8.89. The summed E-state index contributed by atoms with van der Waals surface area (Å²) >= 11 is 2.00. The minimum Gasteiger partial charge on any atom is -0.396 e. The van der Waals surface area contributed by atoms with E-state index in [1.807, 2.05) is 11.8 Å². The Balaban J connectivity index is 2.11. The quantitative estimate of drug-likeness (QED) is 0.779. The summed E-state index contributed by atoms with van der Waals surface area (Å²) in [6.45, 7) is 7.70. The van der Waals surface area contributed by atoms with Gasteiger partial charge in [0.15, 0.2) is 0 Å². The fourth-order valence-corrected chi connectivity index (χ4v) is 5.13. The van der Waals surface area contributed by atoms with Gasteiger partial charge in [-0.3, -0.25) is 0 Å². The van der Waals surface area contributed by atoms with Gasteiger partial charge in [-0.25, -0.2) is 0 Å². The van der Waals surface area contributed by atoms with E-state index in [2.05, 4.69) is 20.8 Å². The van der Waals surface area contributed by atoms with Crippen LogP contribution >= 0.6 is 11.8 Å². The topological polar surface area (TPSA) is 20.2 Å². The zero-order chi connectivity index (χ0) is 10.4. The molecule has 0 unspecified atom stereocenters. The SMILES string of the molecule is CC1(C)[C@@H]2CC[C@]1(C)[C@H](SCCO)C2. The highest BCUT2D eigenvalue weighted by molar-refractivity contribution is 7.99. The van der Waals surface area contributed by atoms with Crippen LogP contribution in [0.2, 0.25) is 0 Å². The van der Waals surface area contributed by atoms with Crippen molar-refractivity contribution in [1.82, 2.24) is 0 Å². The normalized spacial score (nSPS) is 44.6. The first-order valence-corrected chi connectivity index (χ1v) is 6.80. The lowest BCUT2D eigenvalue weighted by atomic mass is 9.71. The highest BCUT2D eigenvalue weighted by atomic mass is 32.2. The van der Waals surface area contributed by atoms with Crippen LogP contribution in [-0.4, -0.2) is 22.7 Å². The smallest absolute Gasteiger partial charge is 0.0521 e. The zero-order valence-electron chi connectivity index (χ0n) is 9.55. The van der Waals surface area contributed by atoms with Crippen LogP contribution in [0.25, 0.3) is 0 Å². The van der Waals surface area contributed by atoms with Crippen molar-refractivity contribution in [3.8, 4) is 0 Å². The minimum atomic E-state index is 0.336. The van der Waals surface area contributed by atoms with Crippen LogP contribution in [0.3, 0.4) is 0 Å².